The first-order chi connectivity index (χ1) is 9.56. The average molecular weight is 275 g/mol. The molecule has 0 aliphatic heterocycles. The summed E-state index contributed by atoms with van der Waals surface area (Å²) in [5, 5.41) is 0. The van der Waals surface area contributed by atoms with Crippen LogP contribution in [0.1, 0.15) is 22.8 Å². The number of aryl methyl sites for hydroxylation is 1. The number of rotatable bonds is 4. The van der Waals surface area contributed by atoms with E-state index < -0.39 is 11.6 Å². The predicted molar refractivity (Wildman–Crippen MR) is 75.6 cm³/mol. The Kier molecular flexibility index (Phi) is 4.13. The molecule has 0 saturated heterocycles. The lowest BCUT2D eigenvalue weighted by Crippen LogP contribution is -2.19. The molecule has 20 heavy (non-hydrogen) atoms. The summed E-state index contributed by atoms with van der Waals surface area (Å²) in [5.74, 6) is -1.48. The maximum atomic E-state index is 14.1. The molecule has 0 aliphatic rings. The minimum atomic E-state index is -0.741. The van der Waals surface area contributed by atoms with Crippen molar-refractivity contribution in [1.82, 2.24) is 0 Å². The molecule has 2 aromatic rings. The monoisotopic (exact) mass is 275 g/mol. The summed E-state index contributed by atoms with van der Waals surface area (Å²) in [6.45, 7) is 4.17. The Hall–Kier alpha value is -2.23. The van der Waals surface area contributed by atoms with E-state index in [0.717, 1.165) is 17.7 Å². The van der Waals surface area contributed by atoms with Gasteiger partial charge in [0.05, 0.1) is 0 Å². The van der Waals surface area contributed by atoms with Crippen LogP contribution in [0.25, 0.3) is 0 Å². The molecule has 0 aromatic heterocycles. The van der Waals surface area contributed by atoms with Gasteiger partial charge in [0.2, 0.25) is 0 Å². The second-order valence-corrected chi connectivity index (χ2v) is 4.53. The van der Waals surface area contributed by atoms with Gasteiger partial charge in [-0.25, -0.2) is 8.78 Å². The minimum absolute atomic E-state index is 0.0105. The first kappa shape index (κ1) is 14.2. The van der Waals surface area contributed by atoms with Crippen LogP contribution >= 0.6 is 0 Å². The van der Waals surface area contributed by atoms with E-state index in [4.69, 9.17) is 0 Å². The number of benzene rings is 2. The molecule has 2 aromatic carbocycles. The van der Waals surface area contributed by atoms with E-state index in [9.17, 15) is 13.6 Å². The zero-order valence-electron chi connectivity index (χ0n) is 11.4. The molecular weight excluding hydrogens is 260 g/mol. The summed E-state index contributed by atoms with van der Waals surface area (Å²) >= 11 is 0. The lowest BCUT2D eigenvalue weighted by atomic mass is 10.1. The van der Waals surface area contributed by atoms with Gasteiger partial charge in [-0.15, -0.1) is 0 Å². The molecule has 0 heterocycles. The van der Waals surface area contributed by atoms with Crippen molar-refractivity contribution >= 4 is 17.7 Å². The van der Waals surface area contributed by atoms with Gasteiger partial charge >= 0.3 is 0 Å². The van der Waals surface area contributed by atoms with Crippen molar-refractivity contribution in [3.8, 4) is 0 Å². The van der Waals surface area contributed by atoms with E-state index in [0.29, 0.717) is 18.5 Å². The number of hydrogen-bond donors (Lipinski definition) is 0. The van der Waals surface area contributed by atoms with Crippen molar-refractivity contribution in [3.05, 3.63) is 59.2 Å². The third kappa shape index (κ3) is 2.69. The summed E-state index contributed by atoms with van der Waals surface area (Å²) in [4.78, 5) is 12.2. The quantitative estimate of drug-likeness (QED) is 0.778. The van der Waals surface area contributed by atoms with Crippen molar-refractivity contribution in [2.24, 2.45) is 0 Å². The summed E-state index contributed by atoms with van der Waals surface area (Å²) in [6, 6.07) is 9.47. The Balaban J connectivity index is 2.52. The normalized spacial score (nSPS) is 10.4. The predicted octanol–water partition coefficient (Wildman–Crippen LogP) is 4.24. The van der Waals surface area contributed by atoms with Crippen LogP contribution in [-0.2, 0) is 0 Å². The maximum absolute atomic E-state index is 14.1. The molecule has 2 rings (SSSR count). The lowest BCUT2D eigenvalue weighted by molar-refractivity contribution is 0.112. The molecule has 0 atom stereocenters. The SMILES string of the molecule is CCN(c1ccc(C)cc1)c1c(F)cc(C=O)cc1F. The molecule has 0 amide bonds. The minimum Gasteiger partial charge on any atom is -0.337 e. The van der Waals surface area contributed by atoms with Gasteiger partial charge in [0.15, 0.2) is 11.6 Å². The molecule has 2 nitrogen and oxygen atoms in total. The van der Waals surface area contributed by atoms with E-state index in [-0.39, 0.29) is 11.3 Å². The number of hydrogen-bond acceptors (Lipinski definition) is 2. The van der Waals surface area contributed by atoms with Gasteiger partial charge in [-0.2, -0.15) is 0 Å². The molecular formula is C16H15F2NO. The fraction of sp³-hybridized carbons (Fsp3) is 0.188. The van der Waals surface area contributed by atoms with Crippen molar-refractivity contribution in [2.45, 2.75) is 13.8 Å². The first-order valence-electron chi connectivity index (χ1n) is 6.35. The van der Waals surface area contributed by atoms with Crippen molar-refractivity contribution in [2.75, 3.05) is 11.4 Å². The Morgan fingerprint density at radius 1 is 1.10 bits per heavy atom. The fourth-order valence-electron chi connectivity index (χ4n) is 2.11. The Morgan fingerprint density at radius 3 is 2.10 bits per heavy atom. The molecule has 0 fully saturated rings. The number of anilines is 2. The molecule has 0 unspecified atom stereocenters. The van der Waals surface area contributed by atoms with Gasteiger partial charge in [0, 0.05) is 17.8 Å². The Labute approximate surface area is 116 Å². The summed E-state index contributed by atoms with van der Waals surface area (Å²) in [6.07, 6.45) is 0.429. The highest BCUT2D eigenvalue weighted by atomic mass is 19.1. The fourth-order valence-corrected chi connectivity index (χ4v) is 2.11. The van der Waals surface area contributed by atoms with Crippen molar-refractivity contribution < 1.29 is 13.6 Å². The molecule has 0 saturated carbocycles. The van der Waals surface area contributed by atoms with E-state index >= 15 is 0 Å². The van der Waals surface area contributed by atoms with Crippen LogP contribution in [-0.4, -0.2) is 12.8 Å². The molecule has 104 valence electrons. The lowest BCUT2D eigenvalue weighted by Gasteiger charge is -2.24. The smallest absolute Gasteiger partial charge is 0.150 e. The number of carbonyl (C=O) groups is 1. The zero-order valence-corrected chi connectivity index (χ0v) is 11.4. The topological polar surface area (TPSA) is 20.3 Å². The number of nitrogens with zero attached hydrogens (tertiary/aromatic N) is 1. The molecule has 0 spiro atoms. The largest absolute Gasteiger partial charge is 0.337 e. The van der Waals surface area contributed by atoms with Gasteiger partial charge in [0.25, 0.3) is 0 Å². The molecule has 0 radical (unpaired) electrons. The van der Waals surface area contributed by atoms with Gasteiger partial charge in [-0.05, 0) is 38.1 Å². The summed E-state index contributed by atoms with van der Waals surface area (Å²) in [7, 11) is 0. The maximum Gasteiger partial charge on any atom is 0.150 e. The second-order valence-electron chi connectivity index (χ2n) is 4.53. The van der Waals surface area contributed by atoms with Crippen LogP contribution in [0.5, 0.6) is 0 Å². The van der Waals surface area contributed by atoms with Crippen LogP contribution in [0.4, 0.5) is 20.2 Å². The van der Waals surface area contributed by atoms with Crippen LogP contribution in [0, 0.1) is 18.6 Å². The number of aldehydes is 1. The highest BCUT2D eigenvalue weighted by Crippen LogP contribution is 2.31. The standard InChI is InChI=1S/C16H15F2NO/c1-3-19(13-6-4-11(2)5-7-13)16-14(17)8-12(10-20)9-15(16)18/h4-10H,3H2,1-2H3. The number of carbonyl (C=O) groups excluding carboxylic acids is 1. The summed E-state index contributed by atoms with van der Waals surface area (Å²) in [5.41, 5.74) is 1.63. The molecule has 0 aliphatic carbocycles. The highest BCUT2D eigenvalue weighted by Gasteiger charge is 2.18. The Morgan fingerprint density at radius 2 is 1.65 bits per heavy atom. The Bertz CT molecular complexity index is 600. The van der Waals surface area contributed by atoms with E-state index in [1.54, 1.807) is 4.90 Å². The van der Waals surface area contributed by atoms with Crippen molar-refractivity contribution in [1.29, 1.82) is 0 Å². The number of halogens is 2. The summed E-state index contributed by atoms with van der Waals surface area (Å²) < 4.78 is 28.1. The van der Waals surface area contributed by atoms with E-state index in [1.165, 1.54) is 0 Å². The molecule has 4 heteroatoms. The van der Waals surface area contributed by atoms with Gasteiger partial charge < -0.3 is 4.90 Å². The van der Waals surface area contributed by atoms with Crippen LogP contribution in [0.3, 0.4) is 0 Å². The van der Waals surface area contributed by atoms with Gasteiger partial charge in [-0.3, -0.25) is 4.79 Å². The molecule has 0 bridgehead atoms. The highest BCUT2D eigenvalue weighted by molar-refractivity contribution is 5.77. The van der Waals surface area contributed by atoms with Gasteiger partial charge in [0.1, 0.15) is 12.0 Å². The van der Waals surface area contributed by atoms with E-state index in [2.05, 4.69) is 0 Å². The second kappa shape index (κ2) is 5.82. The third-order valence-electron chi connectivity index (χ3n) is 3.11. The third-order valence-corrected chi connectivity index (χ3v) is 3.11. The van der Waals surface area contributed by atoms with Crippen LogP contribution < -0.4 is 4.90 Å². The molecule has 0 N–H and O–H groups in total. The average Bonchev–Trinajstić information content (AvgIpc) is 2.43. The van der Waals surface area contributed by atoms with Gasteiger partial charge in [-0.1, -0.05) is 17.7 Å². The zero-order chi connectivity index (χ0) is 14.7. The first-order valence-corrected chi connectivity index (χ1v) is 6.35. The van der Waals surface area contributed by atoms with E-state index in [1.807, 2.05) is 38.1 Å². The van der Waals surface area contributed by atoms with Crippen LogP contribution in [0.2, 0.25) is 0 Å². The van der Waals surface area contributed by atoms with Crippen molar-refractivity contribution in [3.63, 3.8) is 0 Å². The van der Waals surface area contributed by atoms with Crippen LogP contribution in [0.15, 0.2) is 36.4 Å².